The van der Waals surface area contributed by atoms with Gasteiger partial charge in [0.05, 0.1) is 12.7 Å². The van der Waals surface area contributed by atoms with E-state index in [0.29, 0.717) is 6.61 Å². The van der Waals surface area contributed by atoms with E-state index in [1.54, 1.807) is 0 Å². The van der Waals surface area contributed by atoms with Crippen LogP contribution in [0.15, 0.2) is 0 Å². The van der Waals surface area contributed by atoms with Gasteiger partial charge in [0, 0.05) is 0 Å². The van der Waals surface area contributed by atoms with E-state index in [1.165, 1.54) is 19.3 Å². The molecule has 0 aromatic heterocycles. The third-order valence-corrected chi connectivity index (χ3v) is 1.92. The smallest absolute Gasteiger partial charge is 0.0962 e. The van der Waals surface area contributed by atoms with Crippen LogP contribution < -0.4 is 0 Å². The summed E-state index contributed by atoms with van der Waals surface area (Å²) in [6.45, 7) is 2.26. The van der Waals surface area contributed by atoms with Gasteiger partial charge >= 0.3 is 0 Å². The summed E-state index contributed by atoms with van der Waals surface area (Å²) in [4.78, 5) is 9.42. The van der Waals surface area contributed by atoms with Gasteiger partial charge in [-0.15, -0.1) is 0 Å². The summed E-state index contributed by atoms with van der Waals surface area (Å²) in [5.41, 5.74) is 0. The maximum atomic E-state index is 4.94. The molecule has 0 saturated heterocycles. The second kappa shape index (κ2) is 6.37. The van der Waals surface area contributed by atoms with Gasteiger partial charge in [-0.3, -0.25) is 0 Å². The molecule has 4 nitrogen and oxygen atoms in total. The van der Waals surface area contributed by atoms with Gasteiger partial charge in [0.25, 0.3) is 0 Å². The largest absolute Gasteiger partial charge is 0.204 e. The Morgan fingerprint density at radius 3 is 2.50 bits per heavy atom. The first-order valence-corrected chi connectivity index (χ1v) is 4.55. The number of rotatable bonds is 5. The standard InChI is InChI=1S/C8H16O4/c1-2-9-11-12-10-8-6-4-3-5-7-8/h8H,2-7H2,1H3. The van der Waals surface area contributed by atoms with E-state index in [4.69, 9.17) is 4.89 Å². The van der Waals surface area contributed by atoms with Crippen molar-refractivity contribution in [2.45, 2.75) is 45.1 Å². The molecule has 0 aromatic carbocycles. The summed E-state index contributed by atoms with van der Waals surface area (Å²) >= 11 is 0. The van der Waals surface area contributed by atoms with Gasteiger partial charge in [0.2, 0.25) is 0 Å². The van der Waals surface area contributed by atoms with Crippen molar-refractivity contribution in [2.24, 2.45) is 0 Å². The molecular formula is C8H16O4. The molecular weight excluding hydrogens is 160 g/mol. The zero-order chi connectivity index (χ0) is 8.65. The van der Waals surface area contributed by atoms with Crippen molar-refractivity contribution in [1.82, 2.24) is 0 Å². The molecule has 0 aromatic rings. The molecule has 1 aliphatic rings. The van der Waals surface area contributed by atoms with Crippen LogP contribution in [0, 0.1) is 0 Å². The van der Waals surface area contributed by atoms with Crippen LogP contribution in [0.25, 0.3) is 0 Å². The van der Waals surface area contributed by atoms with E-state index in [-0.39, 0.29) is 6.10 Å². The SMILES string of the molecule is CCOOOOC1CCCCC1. The van der Waals surface area contributed by atoms with Gasteiger partial charge < -0.3 is 0 Å². The molecule has 1 rings (SSSR count). The topological polar surface area (TPSA) is 36.9 Å². The Morgan fingerprint density at radius 2 is 1.83 bits per heavy atom. The van der Waals surface area contributed by atoms with E-state index in [0.717, 1.165) is 12.8 Å². The highest BCUT2D eigenvalue weighted by atomic mass is 17.7. The van der Waals surface area contributed by atoms with Crippen molar-refractivity contribution in [3.8, 4) is 0 Å². The highest BCUT2D eigenvalue weighted by Gasteiger charge is 2.14. The van der Waals surface area contributed by atoms with Crippen LogP contribution in [0.1, 0.15) is 39.0 Å². The van der Waals surface area contributed by atoms with Crippen molar-refractivity contribution in [3.63, 3.8) is 0 Å². The summed E-state index contributed by atoms with van der Waals surface area (Å²) in [6, 6.07) is 0. The lowest BCUT2D eigenvalue weighted by atomic mass is 9.98. The lowest BCUT2D eigenvalue weighted by Crippen LogP contribution is -2.17. The highest BCUT2D eigenvalue weighted by molar-refractivity contribution is 4.62. The third kappa shape index (κ3) is 4.01. The van der Waals surface area contributed by atoms with Gasteiger partial charge in [-0.05, 0) is 29.8 Å². The quantitative estimate of drug-likeness (QED) is 0.365. The molecule has 0 amide bonds. The molecule has 0 aliphatic heterocycles. The highest BCUT2D eigenvalue weighted by Crippen LogP contribution is 2.20. The predicted octanol–water partition coefficient (Wildman–Crippen LogP) is 2.15. The average molecular weight is 176 g/mol. The van der Waals surface area contributed by atoms with E-state index in [9.17, 15) is 0 Å². The molecule has 0 unspecified atom stereocenters. The van der Waals surface area contributed by atoms with E-state index in [2.05, 4.69) is 15.0 Å². The van der Waals surface area contributed by atoms with E-state index in [1.807, 2.05) is 6.92 Å². The van der Waals surface area contributed by atoms with Crippen molar-refractivity contribution in [3.05, 3.63) is 0 Å². The summed E-state index contributed by atoms with van der Waals surface area (Å²) in [7, 11) is 0. The van der Waals surface area contributed by atoms with Crippen LogP contribution in [0.4, 0.5) is 0 Å². The normalized spacial score (nSPS) is 19.8. The second-order valence-corrected chi connectivity index (χ2v) is 2.90. The zero-order valence-electron chi connectivity index (χ0n) is 7.45. The molecule has 0 heterocycles. The summed E-state index contributed by atoms with van der Waals surface area (Å²) in [5, 5.41) is 8.65. The molecule has 4 heteroatoms. The van der Waals surface area contributed by atoms with Crippen LogP contribution >= 0.6 is 0 Å². The fraction of sp³-hybridized carbons (Fsp3) is 1.00. The first kappa shape index (κ1) is 9.92. The molecule has 0 N–H and O–H groups in total. The van der Waals surface area contributed by atoms with Crippen molar-refractivity contribution < 1.29 is 19.9 Å². The van der Waals surface area contributed by atoms with Crippen molar-refractivity contribution in [2.75, 3.05) is 6.61 Å². The molecule has 1 saturated carbocycles. The Morgan fingerprint density at radius 1 is 1.08 bits per heavy atom. The van der Waals surface area contributed by atoms with Crippen LogP contribution in [0.2, 0.25) is 0 Å². The molecule has 0 atom stereocenters. The molecule has 0 radical (unpaired) electrons. The first-order chi connectivity index (χ1) is 5.93. The molecule has 0 spiro atoms. The average Bonchev–Trinajstić information content (AvgIpc) is 2.14. The predicted molar refractivity (Wildman–Crippen MR) is 41.8 cm³/mol. The molecule has 0 bridgehead atoms. The summed E-state index contributed by atoms with van der Waals surface area (Å²) in [6.07, 6.45) is 6.00. The van der Waals surface area contributed by atoms with E-state index < -0.39 is 0 Å². The van der Waals surface area contributed by atoms with Gasteiger partial charge in [0.1, 0.15) is 0 Å². The maximum Gasteiger partial charge on any atom is 0.0962 e. The summed E-state index contributed by atoms with van der Waals surface area (Å²) in [5.74, 6) is 0. The van der Waals surface area contributed by atoms with Crippen molar-refractivity contribution in [1.29, 1.82) is 0 Å². The Balaban J connectivity index is 1.91. The van der Waals surface area contributed by atoms with Gasteiger partial charge in [0.15, 0.2) is 0 Å². The Kier molecular flexibility index (Phi) is 5.27. The van der Waals surface area contributed by atoms with Crippen LogP contribution in [-0.4, -0.2) is 12.7 Å². The lowest BCUT2D eigenvalue weighted by Gasteiger charge is -2.18. The minimum atomic E-state index is 0.180. The minimum absolute atomic E-state index is 0.180. The molecule has 72 valence electrons. The Hall–Kier alpha value is -0.160. The number of hydrogen-bond acceptors (Lipinski definition) is 4. The van der Waals surface area contributed by atoms with E-state index >= 15 is 0 Å². The van der Waals surface area contributed by atoms with Crippen LogP contribution in [-0.2, 0) is 19.9 Å². The maximum absolute atomic E-state index is 4.94. The lowest BCUT2D eigenvalue weighted by molar-refractivity contribution is -0.641. The van der Waals surface area contributed by atoms with Crippen molar-refractivity contribution >= 4 is 0 Å². The fourth-order valence-electron chi connectivity index (χ4n) is 1.30. The van der Waals surface area contributed by atoms with Crippen LogP contribution in [0.3, 0.4) is 0 Å². The third-order valence-electron chi connectivity index (χ3n) is 1.92. The zero-order valence-corrected chi connectivity index (χ0v) is 7.45. The Bertz CT molecular complexity index is 101. The minimum Gasteiger partial charge on any atom is -0.204 e. The monoisotopic (exact) mass is 176 g/mol. The van der Waals surface area contributed by atoms with Crippen LogP contribution in [0.5, 0.6) is 0 Å². The Labute approximate surface area is 72.5 Å². The first-order valence-electron chi connectivity index (χ1n) is 4.55. The molecule has 1 aliphatic carbocycles. The van der Waals surface area contributed by atoms with Gasteiger partial charge in [-0.25, -0.2) is 9.78 Å². The second-order valence-electron chi connectivity index (χ2n) is 2.90. The van der Waals surface area contributed by atoms with Gasteiger partial charge in [-0.1, -0.05) is 19.3 Å². The molecule has 1 fully saturated rings. The summed E-state index contributed by atoms with van der Waals surface area (Å²) < 4.78 is 0. The fourth-order valence-corrected chi connectivity index (χ4v) is 1.30. The number of hydrogen-bond donors (Lipinski definition) is 0. The van der Waals surface area contributed by atoms with Gasteiger partial charge in [-0.2, -0.15) is 0 Å². The molecule has 12 heavy (non-hydrogen) atoms.